The SMILES string of the molecule is COc1ccc(-c2ccc(C)c(NC(=O)Cc3ccc(OC)c(OC)c3)c2)nn1. The number of hydrogen-bond acceptors (Lipinski definition) is 6. The van der Waals surface area contributed by atoms with E-state index in [0.29, 0.717) is 23.1 Å². The average Bonchev–Trinajstić information content (AvgIpc) is 2.75. The van der Waals surface area contributed by atoms with E-state index in [1.54, 1.807) is 39.5 Å². The molecule has 1 amide bonds. The van der Waals surface area contributed by atoms with Gasteiger partial charge < -0.3 is 19.5 Å². The number of anilines is 1. The van der Waals surface area contributed by atoms with Crippen LogP contribution in [0.4, 0.5) is 5.69 Å². The van der Waals surface area contributed by atoms with Gasteiger partial charge in [0.1, 0.15) is 0 Å². The molecule has 0 bridgehead atoms. The molecule has 0 radical (unpaired) electrons. The van der Waals surface area contributed by atoms with Crippen molar-refractivity contribution in [1.29, 1.82) is 0 Å². The third-order valence-electron chi connectivity index (χ3n) is 4.47. The molecule has 0 aliphatic heterocycles. The van der Waals surface area contributed by atoms with Gasteiger partial charge in [0, 0.05) is 17.3 Å². The van der Waals surface area contributed by atoms with Crippen LogP contribution in [-0.2, 0) is 11.2 Å². The molecule has 7 nitrogen and oxygen atoms in total. The molecule has 1 aromatic heterocycles. The van der Waals surface area contributed by atoms with Crippen molar-refractivity contribution in [1.82, 2.24) is 10.2 Å². The van der Waals surface area contributed by atoms with Gasteiger partial charge in [-0.15, -0.1) is 10.2 Å². The van der Waals surface area contributed by atoms with Gasteiger partial charge in [-0.25, -0.2) is 0 Å². The minimum atomic E-state index is -0.127. The standard InChI is InChI=1S/C22H23N3O4/c1-14-5-7-16(17-8-10-22(29-4)25-24-17)13-18(14)23-21(26)12-15-6-9-19(27-2)20(11-15)28-3/h5-11,13H,12H2,1-4H3,(H,23,26). The molecule has 0 saturated carbocycles. The number of carbonyl (C=O) groups is 1. The average molecular weight is 393 g/mol. The number of ether oxygens (including phenoxy) is 3. The number of benzene rings is 2. The number of methoxy groups -OCH3 is 3. The van der Waals surface area contributed by atoms with E-state index in [2.05, 4.69) is 15.5 Å². The van der Waals surface area contributed by atoms with E-state index in [-0.39, 0.29) is 12.3 Å². The number of amides is 1. The molecular formula is C22H23N3O4. The van der Waals surface area contributed by atoms with Crippen molar-refractivity contribution in [2.24, 2.45) is 0 Å². The van der Waals surface area contributed by atoms with Crippen molar-refractivity contribution in [2.45, 2.75) is 13.3 Å². The third-order valence-corrected chi connectivity index (χ3v) is 4.47. The largest absolute Gasteiger partial charge is 0.493 e. The second-order valence-electron chi connectivity index (χ2n) is 6.40. The smallest absolute Gasteiger partial charge is 0.233 e. The Kier molecular flexibility index (Phi) is 6.29. The fraction of sp³-hybridized carbons (Fsp3) is 0.227. The molecule has 7 heteroatoms. The summed E-state index contributed by atoms with van der Waals surface area (Å²) < 4.78 is 15.6. The molecule has 0 spiro atoms. The lowest BCUT2D eigenvalue weighted by molar-refractivity contribution is -0.115. The lowest BCUT2D eigenvalue weighted by atomic mass is 10.1. The molecule has 0 saturated heterocycles. The van der Waals surface area contributed by atoms with E-state index in [1.165, 1.54) is 0 Å². The second kappa shape index (κ2) is 9.05. The predicted molar refractivity (Wildman–Crippen MR) is 111 cm³/mol. The number of aryl methyl sites for hydroxylation is 1. The first-order valence-corrected chi connectivity index (χ1v) is 9.03. The lowest BCUT2D eigenvalue weighted by Crippen LogP contribution is -2.15. The first kappa shape index (κ1) is 20.1. The van der Waals surface area contributed by atoms with E-state index in [4.69, 9.17) is 14.2 Å². The van der Waals surface area contributed by atoms with Crippen molar-refractivity contribution in [3.63, 3.8) is 0 Å². The van der Waals surface area contributed by atoms with Crippen molar-refractivity contribution >= 4 is 11.6 Å². The second-order valence-corrected chi connectivity index (χ2v) is 6.40. The maximum absolute atomic E-state index is 12.6. The van der Waals surface area contributed by atoms with E-state index in [9.17, 15) is 4.79 Å². The summed E-state index contributed by atoms with van der Waals surface area (Å²) in [6.07, 6.45) is 0.215. The fourth-order valence-corrected chi connectivity index (χ4v) is 2.87. The minimum Gasteiger partial charge on any atom is -0.493 e. The summed E-state index contributed by atoms with van der Waals surface area (Å²) in [5.41, 5.74) is 4.06. The molecule has 0 aliphatic rings. The van der Waals surface area contributed by atoms with Gasteiger partial charge in [0.05, 0.1) is 33.4 Å². The van der Waals surface area contributed by atoms with Crippen molar-refractivity contribution in [2.75, 3.05) is 26.6 Å². The lowest BCUT2D eigenvalue weighted by Gasteiger charge is -2.12. The highest BCUT2D eigenvalue weighted by Gasteiger charge is 2.11. The van der Waals surface area contributed by atoms with Gasteiger partial charge in [0.15, 0.2) is 11.5 Å². The molecular weight excluding hydrogens is 370 g/mol. The van der Waals surface area contributed by atoms with Gasteiger partial charge in [-0.05, 0) is 42.3 Å². The number of rotatable bonds is 7. The molecule has 0 unspecified atom stereocenters. The van der Waals surface area contributed by atoms with Gasteiger partial charge in [-0.2, -0.15) is 0 Å². The highest BCUT2D eigenvalue weighted by atomic mass is 16.5. The Bertz CT molecular complexity index is 1000. The van der Waals surface area contributed by atoms with Crippen LogP contribution in [0, 0.1) is 6.92 Å². The highest BCUT2D eigenvalue weighted by Crippen LogP contribution is 2.28. The van der Waals surface area contributed by atoms with Crippen LogP contribution in [0.15, 0.2) is 48.5 Å². The Morgan fingerprint density at radius 1 is 0.897 bits per heavy atom. The zero-order chi connectivity index (χ0) is 20.8. The number of aromatic nitrogens is 2. The van der Waals surface area contributed by atoms with E-state index < -0.39 is 0 Å². The van der Waals surface area contributed by atoms with Gasteiger partial charge >= 0.3 is 0 Å². The first-order valence-electron chi connectivity index (χ1n) is 9.03. The van der Waals surface area contributed by atoms with Gasteiger partial charge in [0.25, 0.3) is 0 Å². The van der Waals surface area contributed by atoms with Crippen LogP contribution in [0.25, 0.3) is 11.3 Å². The molecule has 2 aromatic carbocycles. The van der Waals surface area contributed by atoms with E-state index in [1.807, 2.05) is 37.3 Å². The minimum absolute atomic E-state index is 0.127. The van der Waals surface area contributed by atoms with Crippen LogP contribution >= 0.6 is 0 Å². The molecule has 3 rings (SSSR count). The maximum atomic E-state index is 12.6. The Labute approximate surface area is 169 Å². The van der Waals surface area contributed by atoms with Crippen LogP contribution < -0.4 is 19.5 Å². The Morgan fingerprint density at radius 3 is 2.34 bits per heavy atom. The van der Waals surface area contributed by atoms with Crippen LogP contribution in [0.3, 0.4) is 0 Å². The Hall–Kier alpha value is -3.61. The van der Waals surface area contributed by atoms with Crippen molar-refractivity contribution in [3.8, 4) is 28.6 Å². The molecule has 1 N–H and O–H groups in total. The van der Waals surface area contributed by atoms with Crippen LogP contribution in [0.1, 0.15) is 11.1 Å². The summed E-state index contributed by atoms with van der Waals surface area (Å²) in [6, 6.07) is 14.8. The van der Waals surface area contributed by atoms with Gasteiger partial charge in [0.2, 0.25) is 11.8 Å². The molecule has 3 aromatic rings. The molecule has 0 atom stereocenters. The van der Waals surface area contributed by atoms with E-state index >= 15 is 0 Å². The highest BCUT2D eigenvalue weighted by molar-refractivity contribution is 5.93. The summed E-state index contributed by atoms with van der Waals surface area (Å²) in [5, 5.41) is 11.1. The number of carbonyl (C=O) groups excluding carboxylic acids is 1. The van der Waals surface area contributed by atoms with Crippen molar-refractivity contribution < 1.29 is 19.0 Å². The Balaban J connectivity index is 1.76. The quantitative estimate of drug-likeness (QED) is 0.660. The van der Waals surface area contributed by atoms with Crippen LogP contribution in [-0.4, -0.2) is 37.4 Å². The van der Waals surface area contributed by atoms with Gasteiger partial charge in [-0.1, -0.05) is 18.2 Å². The first-order chi connectivity index (χ1) is 14.0. The molecule has 150 valence electrons. The summed E-state index contributed by atoms with van der Waals surface area (Å²) in [4.78, 5) is 12.6. The summed E-state index contributed by atoms with van der Waals surface area (Å²) in [5.74, 6) is 1.54. The number of nitrogens with one attached hydrogen (secondary N) is 1. The topological polar surface area (TPSA) is 82.6 Å². The molecule has 0 fully saturated rings. The van der Waals surface area contributed by atoms with E-state index in [0.717, 1.165) is 22.4 Å². The van der Waals surface area contributed by atoms with Crippen LogP contribution in [0.2, 0.25) is 0 Å². The predicted octanol–water partition coefficient (Wildman–Crippen LogP) is 3.66. The zero-order valence-corrected chi connectivity index (χ0v) is 16.9. The van der Waals surface area contributed by atoms with Gasteiger partial charge in [-0.3, -0.25) is 4.79 Å². The van der Waals surface area contributed by atoms with Crippen molar-refractivity contribution in [3.05, 3.63) is 59.7 Å². The normalized spacial score (nSPS) is 10.3. The molecule has 29 heavy (non-hydrogen) atoms. The summed E-state index contributed by atoms with van der Waals surface area (Å²) in [6.45, 7) is 1.94. The Morgan fingerprint density at radius 2 is 1.69 bits per heavy atom. The molecule has 1 heterocycles. The number of nitrogens with zero attached hydrogens (tertiary/aromatic N) is 2. The molecule has 0 aliphatic carbocycles. The third kappa shape index (κ3) is 4.82. The monoisotopic (exact) mass is 393 g/mol. The summed E-state index contributed by atoms with van der Waals surface area (Å²) in [7, 11) is 4.69. The number of hydrogen-bond donors (Lipinski definition) is 1. The zero-order valence-electron chi connectivity index (χ0n) is 16.9. The van der Waals surface area contributed by atoms with Crippen LogP contribution in [0.5, 0.6) is 17.4 Å². The maximum Gasteiger partial charge on any atom is 0.233 e. The summed E-state index contributed by atoms with van der Waals surface area (Å²) >= 11 is 0. The fourth-order valence-electron chi connectivity index (χ4n) is 2.87.